The molecule has 142 valence electrons. The summed E-state index contributed by atoms with van der Waals surface area (Å²) < 4.78 is 7.54. The number of hydrogen-bond acceptors (Lipinski definition) is 4. The van der Waals surface area contributed by atoms with Crippen LogP contribution in [-0.2, 0) is 22.6 Å². The number of rotatable bonds is 9. The monoisotopic (exact) mass is 406 g/mol. The molecule has 2 N–H and O–H groups in total. The summed E-state index contributed by atoms with van der Waals surface area (Å²) in [5.41, 5.74) is 0.545. The summed E-state index contributed by atoms with van der Waals surface area (Å²) in [5, 5.41) is 18.7. The van der Waals surface area contributed by atoms with Gasteiger partial charge in [-0.15, -0.1) is 0 Å². The predicted octanol–water partition coefficient (Wildman–Crippen LogP) is -3.14. The van der Waals surface area contributed by atoms with Crippen LogP contribution < -0.4 is 63.9 Å². The van der Waals surface area contributed by atoms with Crippen LogP contribution in [0.3, 0.4) is 0 Å². The smallest absolute Gasteiger partial charge is 1.00 e. The molecule has 0 radical (unpaired) electrons. The van der Waals surface area contributed by atoms with Gasteiger partial charge in [0.2, 0.25) is 0 Å². The van der Waals surface area contributed by atoms with Gasteiger partial charge in [0.25, 0.3) is 0 Å². The van der Waals surface area contributed by atoms with Crippen molar-refractivity contribution < 1.29 is 86.5 Å². The Morgan fingerprint density at radius 1 is 1.14 bits per heavy atom. The van der Waals surface area contributed by atoms with E-state index in [1.54, 1.807) is 50.6 Å². The first-order chi connectivity index (χ1) is 12.4. The summed E-state index contributed by atoms with van der Waals surface area (Å²) in [6, 6.07) is 6.99. The maximum Gasteiger partial charge on any atom is 1.00 e. The van der Waals surface area contributed by atoms with Crippen LogP contribution in [0.15, 0.2) is 54.1 Å². The van der Waals surface area contributed by atoms with Crippen molar-refractivity contribution in [3.63, 3.8) is 0 Å². The largest absolute Gasteiger partial charge is 1.00 e. The molecule has 0 atom stereocenters. The number of ether oxygens (including phenoxy) is 1. The number of nitrogens with zero attached hydrogens (tertiary/aromatic N) is 2. The van der Waals surface area contributed by atoms with Gasteiger partial charge in [0.15, 0.2) is 0 Å². The fourth-order valence-corrected chi connectivity index (χ4v) is 2.61. The Kier molecular flexibility index (Phi) is 12.7. The zero-order valence-electron chi connectivity index (χ0n) is 18.8. The van der Waals surface area contributed by atoms with Crippen LogP contribution in [0.5, 0.6) is 5.75 Å². The average Bonchev–Trinajstić information content (AvgIpc) is 3.08. The second kappa shape index (κ2) is 13.2. The summed E-state index contributed by atoms with van der Waals surface area (Å²) in [6.45, 7) is 4.49. The minimum absolute atomic E-state index is 0. The van der Waals surface area contributed by atoms with Gasteiger partial charge < -0.3 is 22.4 Å². The Morgan fingerprint density at radius 3 is 2.25 bits per heavy atom. The molecule has 9 heteroatoms. The normalized spacial score (nSPS) is 11.1. The second-order valence-corrected chi connectivity index (χ2v) is 6.13. The van der Waals surface area contributed by atoms with Gasteiger partial charge in [0, 0.05) is 18.8 Å². The summed E-state index contributed by atoms with van der Waals surface area (Å²) in [7, 11) is 0. The zero-order chi connectivity index (χ0) is 19.1. The van der Waals surface area contributed by atoms with Crippen LogP contribution >= 0.6 is 0 Å². The number of carboxylic acid groups (broad SMARTS) is 2. The van der Waals surface area contributed by atoms with Gasteiger partial charge in [0.1, 0.15) is 12.4 Å². The third-order valence-corrected chi connectivity index (χ3v) is 3.87. The Balaban J connectivity index is -0.00000182. The maximum absolute atomic E-state index is 11.5. The van der Waals surface area contributed by atoms with Crippen molar-refractivity contribution in [1.82, 2.24) is 9.55 Å². The van der Waals surface area contributed by atoms with Gasteiger partial charge in [-0.25, -0.2) is 14.6 Å². The predicted molar refractivity (Wildman–Crippen MR) is 97.2 cm³/mol. The number of carboxylic acids is 2. The first-order valence-corrected chi connectivity index (χ1v) is 8.25. The second-order valence-electron chi connectivity index (χ2n) is 6.13. The molecule has 0 saturated heterocycles. The van der Waals surface area contributed by atoms with Crippen LogP contribution in [0.4, 0.5) is 0 Å². The molecule has 0 aliphatic heterocycles. The summed E-state index contributed by atoms with van der Waals surface area (Å²) in [6.07, 6.45) is 5.30. The average molecular weight is 406 g/mol. The van der Waals surface area contributed by atoms with E-state index in [4.69, 9.17) is 4.74 Å². The molecule has 2 aromatic rings. The van der Waals surface area contributed by atoms with Crippen molar-refractivity contribution in [3.8, 4) is 5.75 Å². The fraction of sp³-hybridized carbons (Fsp3) is 0.316. The summed E-state index contributed by atoms with van der Waals surface area (Å²) >= 11 is 0. The SMILES string of the molecule is CC(C)/C(C(=O)O)=C(\Cc1ccc(OCCn2ccnc2)cc1)C(=O)O.[H-].[H-].[Na+].[Na+]. The molecular formula is C19H24N2Na2O5. The van der Waals surface area contributed by atoms with Crippen LogP contribution in [0.2, 0.25) is 0 Å². The molecule has 0 unspecified atom stereocenters. The molecule has 28 heavy (non-hydrogen) atoms. The molecule has 1 aromatic heterocycles. The topological polar surface area (TPSA) is 102 Å². The van der Waals surface area contributed by atoms with Crippen molar-refractivity contribution >= 4 is 11.9 Å². The van der Waals surface area contributed by atoms with Gasteiger partial charge in [-0.2, -0.15) is 0 Å². The molecule has 1 heterocycles. The van der Waals surface area contributed by atoms with Gasteiger partial charge in [0.05, 0.1) is 24.0 Å². The van der Waals surface area contributed by atoms with Gasteiger partial charge in [-0.3, -0.25) is 0 Å². The first-order valence-electron chi connectivity index (χ1n) is 8.25. The van der Waals surface area contributed by atoms with E-state index in [1.807, 2.05) is 10.8 Å². The minimum Gasteiger partial charge on any atom is -1.00 e. The quantitative estimate of drug-likeness (QED) is 0.337. The van der Waals surface area contributed by atoms with Crippen molar-refractivity contribution in [2.75, 3.05) is 6.61 Å². The third-order valence-electron chi connectivity index (χ3n) is 3.87. The van der Waals surface area contributed by atoms with Gasteiger partial charge in [-0.1, -0.05) is 26.0 Å². The van der Waals surface area contributed by atoms with Crippen LogP contribution in [-0.4, -0.2) is 38.3 Å². The summed E-state index contributed by atoms with van der Waals surface area (Å²) in [4.78, 5) is 26.9. The molecule has 7 nitrogen and oxygen atoms in total. The van der Waals surface area contributed by atoms with Crippen molar-refractivity contribution in [2.24, 2.45) is 5.92 Å². The Bertz CT molecular complexity index is 798. The molecule has 2 rings (SSSR count). The molecule has 0 spiro atoms. The van der Waals surface area contributed by atoms with E-state index in [0.29, 0.717) is 24.5 Å². The van der Waals surface area contributed by atoms with E-state index in [-0.39, 0.29) is 85.5 Å². The molecule has 0 saturated carbocycles. The molecule has 0 amide bonds. The molecule has 1 aromatic carbocycles. The standard InChI is InChI=1S/C19H22N2O5.2Na.2H/c1-13(2)17(19(24)25)16(18(22)23)11-14-3-5-15(6-4-14)26-10-9-21-8-7-20-12-21;;;;/h3-8,12-13H,9-11H2,1-2H3,(H,22,23)(H,24,25);;;;/q;2*+1;2*-1/b17-16-;;;;. The number of imidazole rings is 1. The maximum atomic E-state index is 11.5. The first kappa shape index (κ1) is 26.9. The minimum atomic E-state index is -1.21. The van der Waals surface area contributed by atoms with Crippen molar-refractivity contribution in [3.05, 3.63) is 59.7 Å². The number of benzene rings is 1. The molecule has 0 bridgehead atoms. The Labute approximate surface area is 211 Å². The molecule has 0 aliphatic rings. The van der Waals surface area contributed by atoms with Gasteiger partial charge >= 0.3 is 71.1 Å². The molecular weight excluding hydrogens is 382 g/mol. The zero-order valence-corrected chi connectivity index (χ0v) is 20.8. The number of aliphatic carboxylic acids is 2. The molecule has 0 fully saturated rings. The number of aromatic nitrogens is 2. The number of hydrogen-bond donors (Lipinski definition) is 2. The summed E-state index contributed by atoms with van der Waals surface area (Å²) in [5.74, 6) is -2.13. The van der Waals surface area contributed by atoms with E-state index in [0.717, 1.165) is 0 Å². The van der Waals surface area contributed by atoms with E-state index in [1.165, 1.54) is 0 Å². The van der Waals surface area contributed by atoms with Crippen LogP contribution in [0, 0.1) is 5.92 Å². The Hall–Kier alpha value is -1.09. The number of carbonyl (C=O) groups is 2. The van der Waals surface area contributed by atoms with Crippen molar-refractivity contribution in [1.29, 1.82) is 0 Å². The van der Waals surface area contributed by atoms with Crippen LogP contribution in [0.1, 0.15) is 22.3 Å². The molecule has 0 aliphatic carbocycles. The van der Waals surface area contributed by atoms with E-state index < -0.39 is 11.9 Å². The van der Waals surface area contributed by atoms with Crippen molar-refractivity contribution in [2.45, 2.75) is 26.8 Å². The van der Waals surface area contributed by atoms with Gasteiger partial charge in [-0.05, 0) is 23.6 Å². The third kappa shape index (κ3) is 8.11. The van der Waals surface area contributed by atoms with E-state index >= 15 is 0 Å². The fourth-order valence-electron chi connectivity index (χ4n) is 2.61. The van der Waals surface area contributed by atoms with E-state index in [2.05, 4.69) is 4.98 Å². The van der Waals surface area contributed by atoms with E-state index in [9.17, 15) is 19.8 Å². The van der Waals surface area contributed by atoms with Crippen LogP contribution in [0.25, 0.3) is 0 Å². The Morgan fingerprint density at radius 2 is 1.79 bits per heavy atom.